The molecule has 5 N–H and O–H groups in total. The van der Waals surface area contributed by atoms with Gasteiger partial charge in [-0.05, 0) is 0 Å². The fourth-order valence-electron chi connectivity index (χ4n) is 1.40. The van der Waals surface area contributed by atoms with Crippen molar-refractivity contribution in [2.24, 2.45) is 0 Å². The van der Waals surface area contributed by atoms with Crippen molar-refractivity contribution in [3.05, 3.63) is 0 Å². The molecule has 10 nitrogen and oxygen atoms in total. The Bertz CT molecular complexity index is 402. The van der Waals surface area contributed by atoms with Gasteiger partial charge in [-0.1, -0.05) is 4.89 Å². The Morgan fingerprint density at radius 1 is 1.42 bits per heavy atom. The number of aliphatic hydroxyl groups excluding tert-OH is 3. The minimum Gasteiger partial charge on any atom is -0.391 e. The van der Waals surface area contributed by atoms with Crippen LogP contribution in [-0.4, -0.2) is 84.6 Å². The van der Waals surface area contributed by atoms with Crippen LogP contribution < -0.4 is 4.89 Å². The van der Waals surface area contributed by atoms with E-state index in [4.69, 9.17) is 9.84 Å². The second-order valence-corrected chi connectivity index (χ2v) is 6.12. The summed E-state index contributed by atoms with van der Waals surface area (Å²) in [6.07, 6.45) is -4.45. The molecule has 19 heavy (non-hydrogen) atoms. The van der Waals surface area contributed by atoms with Gasteiger partial charge < -0.3 is 25.2 Å². The topological polar surface area (TPSA) is 149 Å². The number of rotatable bonds is 6. The first-order chi connectivity index (χ1) is 8.64. The van der Waals surface area contributed by atoms with Gasteiger partial charge >= 0.3 is 10.2 Å². The van der Waals surface area contributed by atoms with E-state index in [1.807, 2.05) is 0 Å². The molecule has 0 spiro atoms. The summed E-state index contributed by atoms with van der Waals surface area (Å²) >= 11 is 0. The van der Waals surface area contributed by atoms with Crippen LogP contribution in [0.25, 0.3) is 0 Å². The molecule has 1 unspecified atom stereocenters. The van der Waals surface area contributed by atoms with E-state index in [2.05, 4.69) is 4.84 Å². The SMILES string of the molecule is CN(C)S(=O)(=O)NOC[C@H]1OC(O)(CO)[C@H](O)[C@@H]1O. The molecular formula is C8H18N2O8S. The van der Waals surface area contributed by atoms with Gasteiger partial charge in [0.2, 0.25) is 5.79 Å². The maximum absolute atomic E-state index is 11.3. The van der Waals surface area contributed by atoms with Crippen molar-refractivity contribution >= 4 is 10.2 Å². The fraction of sp³-hybridized carbons (Fsp3) is 1.00. The minimum absolute atomic E-state index is 0.465. The first kappa shape index (κ1) is 16.7. The summed E-state index contributed by atoms with van der Waals surface area (Å²) in [5.41, 5.74) is 0. The molecule has 1 saturated heterocycles. The molecule has 0 bridgehead atoms. The van der Waals surface area contributed by atoms with E-state index in [0.717, 1.165) is 4.31 Å². The smallest absolute Gasteiger partial charge is 0.301 e. The van der Waals surface area contributed by atoms with Crippen LogP contribution in [0, 0.1) is 0 Å². The Morgan fingerprint density at radius 3 is 2.42 bits per heavy atom. The second-order valence-electron chi connectivity index (χ2n) is 4.28. The summed E-state index contributed by atoms with van der Waals surface area (Å²) in [4.78, 5) is 6.38. The molecule has 1 heterocycles. The lowest BCUT2D eigenvalue weighted by Gasteiger charge is -2.22. The van der Waals surface area contributed by atoms with Crippen LogP contribution in [0.4, 0.5) is 0 Å². The standard InChI is InChI=1S/C8H18N2O8S/c1-10(2)19(15,16)9-17-3-5-6(12)7(13)8(14,4-11)18-5/h5-7,9,11-14H,3-4H2,1-2H3/t5-,6-,7-,8?/m1/s1. The third kappa shape index (κ3) is 3.59. The van der Waals surface area contributed by atoms with E-state index in [9.17, 15) is 23.7 Å². The summed E-state index contributed by atoms with van der Waals surface area (Å²) in [7, 11) is -1.25. The molecular weight excluding hydrogens is 284 g/mol. The molecule has 11 heteroatoms. The monoisotopic (exact) mass is 302 g/mol. The second kappa shape index (κ2) is 5.95. The summed E-state index contributed by atoms with van der Waals surface area (Å²) in [5.74, 6) is -2.30. The molecule has 0 radical (unpaired) electrons. The fourth-order valence-corrected chi connectivity index (χ4v) is 1.77. The average molecular weight is 302 g/mol. The van der Waals surface area contributed by atoms with E-state index in [1.54, 1.807) is 4.89 Å². The van der Waals surface area contributed by atoms with Gasteiger partial charge in [0.1, 0.15) is 18.3 Å². The predicted octanol–water partition coefficient (Wildman–Crippen LogP) is -3.88. The van der Waals surface area contributed by atoms with Gasteiger partial charge in [0, 0.05) is 14.1 Å². The molecule has 0 aliphatic carbocycles. The third-order valence-corrected chi connectivity index (χ3v) is 3.93. The first-order valence-electron chi connectivity index (χ1n) is 5.32. The van der Waals surface area contributed by atoms with Gasteiger partial charge in [-0.2, -0.15) is 12.7 Å². The zero-order valence-corrected chi connectivity index (χ0v) is 11.2. The van der Waals surface area contributed by atoms with Crippen LogP contribution >= 0.6 is 0 Å². The van der Waals surface area contributed by atoms with Crippen molar-refractivity contribution in [3.8, 4) is 0 Å². The van der Waals surface area contributed by atoms with Crippen LogP contribution in [0.5, 0.6) is 0 Å². The highest BCUT2D eigenvalue weighted by Crippen LogP contribution is 2.28. The van der Waals surface area contributed by atoms with Gasteiger partial charge in [0.25, 0.3) is 0 Å². The van der Waals surface area contributed by atoms with E-state index in [1.165, 1.54) is 14.1 Å². The van der Waals surface area contributed by atoms with Crippen molar-refractivity contribution in [2.45, 2.75) is 24.1 Å². The normalized spacial score (nSPS) is 36.1. The number of nitrogens with one attached hydrogen (secondary N) is 1. The molecule has 1 rings (SSSR count). The Balaban J connectivity index is 2.52. The average Bonchev–Trinajstić information content (AvgIpc) is 2.54. The van der Waals surface area contributed by atoms with Gasteiger partial charge in [0.05, 0.1) is 13.2 Å². The van der Waals surface area contributed by atoms with Crippen molar-refractivity contribution < 1.29 is 38.4 Å². The minimum atomic E-state index is -3.81. The zero-order valence-electron chi connectivity index (χ0n) is 10.4. The number of ether oxygens (including phenoxy) is 1. The Labute approximate surface area is 110 Å². The molecule has 1 fully saturated rings. The van der Waals surface area contributed by atoms with Crippen molar-refractivity contribution in [2.75, 3.05) is 27.3 Å². The van der Waals surface area contributed by atoms with E-state index < -0.39 is 47.5 Å². The summed E-state index contributed by atoms with van der Waals surface area (Å²) in [6.45, 7) is -1.39. The predicted molar refractivity (Wildman–Crippen MR) is 60.6 cm³/mol. The zero-order chi connectivity index (χ0) is 14.8. The van der Waals surface area contributed by atoms with Gasteiger partial charge in [-0.15, -0.1) is 0 Å². The molecule has 1 aliphatic rings. The molecule has 0 aromatic heterocycles. The summed E-state index contributed by atoms with van der Waals surface area (Å²) < 4.78 is 28.3. The van der Waals surface area contributed by atoms with Crippen LogP contribution in [0.3, 0.4) is 0 Å². The van der Waals surface area contributed by atoms with Crippen LogP contribution in [0.1, 0.15) is 0 Å². The van der Waals surface area contributed by atoms with E-state index in [0.29, 0.717) is 0 Å². The molecule has 0 amide bonds. The van der Waals surface area contributed by atoms with Gasteiger partial charge in [0.15, 0.2) is 0 Å². The lowest BCUT2D eigenvalue weighted by molar-refractivity contribution is -0.249. The molecule has 0 saturated carbocycles. The Morgan fingerprint density at radius 2 is 2.00 bits per heavy atom. The number of nitrogens with zero attached hydrogens (tertiary/aromatic N) is 1. The van der Waals surface area contributed by atoms with Crippen LogP contribution in [0.2, 0.25) is 0 Å². The van der Waals surface area contributed by atoms with Crippen molar-refractivity contribution in [1.82, 2.24) is 9.19 Å². The Hall–Kier alpha value is -0.370. The summed E-state index contributed by atoms with van der Waals surface area (Å²) in [6, 6.07) is 0. The third-order valence-electron chi connectivity index (χ3n) is 2.64. The molecule has 0 aromatic carbocycles. The molecule has 4 atom stereocenters. The highest BCUT2D eigenvalue weighted by molar-refractivity contribution is 7.86. The molecule has 0 aromatic rings. The maximum Gasteiger partial charge on any atom is 0.301 e. The largest absolute Gasteiger partial charge is 0.391 e. The van der Waals surface area contributed by atoms with Gasteiger partial charge in [-0.25, -0.2) is 0 Å². The Kier molecular flexibility index (Phi) is 5.22. The lowest BCUT2D eigenvalue weighted by Crippen LogP contribution is -2.46. The molecule has 114 valence electrons. The molecule has 1 aliphatic heterocycles. The number of hydrogen-bond acceptors (Lipinski definition) is 8. The van der Waals surface area contributed by atoms with E-state index >= 15 is 0 Å². The van der Waals surface area contributed by atoms with E-state index in [-0.39, 0.29) is 0 Å². The highest BCUT2D eigenvalue weighted by Gasteiger charge is 2.53. The van der Waals surface area contributed by atoms with Crippen molar-refractivity contribution in [1.29, 1.82) is 0 Å². The van der Waals surface area contributed by atoms with Crippen LogP contribution in [0.15, 0.2) is 0 Å². The number of hydrogen-bond donors (Lipinski definition) is 5. The highest BCUT2D eigenvalue weighted by atomic mass is 32.2. The quantitative estimate of drug-likeness (QED) is 0.313. The van der Waals surface area contributed by atoms with Gasteiger partial charge in [-0.3, -0.25) is 4.84 Å². The number of aliphatic hydroxyl groups is 4. The lowest BCUT2D eigenvalue weighted by atomic mass is 10.1. The maximum atomic E-state index is 11.3. The summed E-state index contributed by atoms with van der Waals surface area (Å²) in [5, 5.41) is 37.4. The van der Waals surface area contributed by atoms with Crippen LogP contribution in [-0.2, 0) is 19.8 Å². The first-order valence-corrected chi connectivity index (χ1v) is 6.76. The van der Waals surface area contributed by atoms with Crippen molar-refractivity contribution in [3.63, 3.8) is 0 Å².